The van der Waals surface area contributed by atoms with Gasteiger partial charge in [0.25, 0.3) is 0 Å². The van der Waals surface area contributed by atoms with E-state index in [0.29, 0.717) is 29.6 Å². The minimum absolute atomic E-state index is 0.402. The van der Waals surface area contributed by atoms with Gasteiger partial charge in [-0.1, -0.05) is 44.2 Å². The second kappa shape index (κ2) is 15.9. The summed E-state index contributed by atoms with van der Waals surface area (Å²) in [5.41, 5.74) is 9.34. The summed E-state index contributed by atoms with van der Waals surface area (Å²) < 4.78 is 43.9. The van der Waals surface area contributed by atoms with Crippen LogP contribution in [0.15, 0.2) is 59.9 Å². The Morgan fingerprint density at radius 2 is 1.88 bits per heavy atom. The van der Waals surface area contributed by atoms with Crippen LogP contribution in [0.25, 0.3) is 11.1 Å². The van der Waals surface area contributed by atoms with Crippen molar-refractivity contribution >= 4 is 29.5 Å². The third-order valence-electron chi connectivity index (χ3n) is 6.38. The second-order valence-corrected chi connectivity index (χ2v) is 11.5. The molecule has 2 atom stereocenters. The fourth-order valence-electron chi connectivity index (χ4n) is 4.18. The molecule has 10 heteroatoms. The minimum atomic E-state index is -4.30. The van der Waals surface area contributed by atoms with Crippen molar-refractivity contribution in [3.63, 3.8) is 0 Å². The van der Waals surface area contributed by atoms with E-state index in [1.165, 1.54) is 31.3 Å². The van der Waals surface area contributed by atoms with Crippen LogP contribution in [0.3, 0.4) is 0 Å². The molecule has 3 N–H and O–H groups in total. The predicted octanol–water partition coefficient (Wildman–Crippen LogP) is 7.49. The van der Waals surface area contributed by atoms with E-state index in [9.17, 15) is 13.2 Å². The first-order chi connectivity index (χ1) is 19.5. The summed E-state index contributed by atoms with van der Waals surface area (Å²) in [6.45, 7) is 9.76. The predicted molar refractivity (Wildman–Crippen MR) is 164 cm³/mol. The third kappa shape index (κ3) is 11.1. The maximum Gasteiger partial charge on any atom is 0.416 e. The van der Waals surface area contributed by atoms with Crippen molar-refractivity contribution in [3.8, 4) is 11.1 Å². The molecule has 0 bridgehead atoms. The minimum Gasteiger partial charge on any atom is -0.382 e. The lowest BCUT2D eigenvalue weighted by Crippen LogP contribution is -2.18. The second-order valence-electron chi connectivity index (χ2n) is 10.4. The van der Waals surface area contributed by atoms with Crippen molar-refractivity contribution in [1.82, 2.24) is 15.3 Å². The van der Waals surface area contributed by atoms with Crippen molar-refractivity contribution < 1.29 is 17.9 Å². The molecule has 0 radical (unpaired) electrons. The number of ether oxygens (including phenoxy) is 1. The summed E-state index contributed by atoms with van der Waals surface area (Å²) in [7, 11) is 0. The number of benzene rings is 2. The van der Waals surface area contributed by atoms with Crippen molar-refractivity contribution in [2.45, 2.75) is 65.5 Å². The first-order valence-electron chi connectivity index (χ1n) is 13.8. The van der Waals surface area contributed by atoms with Crippen molar-refractivity contribution in [2.75, 3.05) is 23.8 Å². The molecule has 2 unspecified atom stereocenters. The highest BCUT2D eigenvalue weighted by atomic mass is 32.2. The Kier molecular flexibility index (Phi) is 12.6. The molecule has 3 aromatic rings. The Hall–Kier alpha value is -2.95. The van der Waals surface area contributed by atoms with Gasteiger partial charge in [-0.15, -0.1) is 0 Å². The largest absolute Gasteiger partial charge is 0.416 e. The summed E-state index contributed by atoms with van der Waals surface area (Å²) in [5.74, 6) is 2.92. The van der Waals surface area contributed by atoms with Gasteiger partial charge < -0.3 is 15.8 Å². The summed E-state index contributed by atoms with van der Waals surface area (Å²) >= 11 is 1.91. The van der Waals surface area contributed by atoms with E-state index in [-0.39, 0.29) is 0 Å². The molecule has 222 valence electrons. The highest BCUT2D eigenvalue weighted by Gasteiger charge is 2.30. The number of alkyl halides is 3. The third-order valence-corrected chi connectivity index (χ3v) is 7.48. The topological polar surface area (TPSA) is 85.4 Å². The van der Waals surface area contributed by atoms with Gasteiger partial charge in [-0.3, -0.25) is 4.99 Å². The van der Waals surface area contributed by atoms with Crippen molar-refractivity contribution in [3.05, 3.63) is 71.7 Å². The smallest absolute Gasteiger partial charge is 0.382 e. The highest BCUT2D eigenvalue weighted by Crippen LogP contribution is 2.31. The Bertz CT molecular complexity index is 1230. The number of nitrogens with zero attached hydrogens (tertiary/aromatic N) is 3. The van der Waals surface area contributed by atoms with Crippen LogP contribution < -0.4 is 11.1 Å². The lowest BCUT2D eigenvalue weighted by molar-refractivity contribution is -0.137. The number of aryl methyl sites for hydroxylation is 1. The Morgan fingerprint density at radius 1 is 1.12 bits per heavy atom. The molecule has 1 saturated heterocycles. The van der Waals surface area contributed by atoms with Crippen LogP contribution in [0.5, 0.6) is 0 Å². The van der Waals surface area contributed by atoms with E-state index in [2.05, 4.69) is 41.0 Å². The SMILES string of the molecule is CC1CCC(CSCCNCc2cccc(-c3ccc(C(F)(F)F)cc3)c2)O1.Cc1ncnc(N)c1N=CC(C)C. The zero-order chi connectivity index (χ0) is 29.8. The molecule has 0 spiro atoms. The van der Waals surface area contributed by atoms with Crippen LogP contribution in [-0.4, -0.2) is 46.4 Å². The molecule has 0 saturated carbocycles. The highest BCUT2D eigenvalue weighted by molar-refractivity contribution is 7.99. The average molecular weight is 588 g/mol. The fourth-order valence-corrected chi connectivity index (χ4v) is 5.14. The molecule has 6 nitrogen and oxygen atoms in total. The summed E-state index contributed by atoms with van der Waals surface area (Å²) in [4.78, 5) is 12.1. The van der Waals surface area contributed by atoms with Crippen LogP contribution >= 0.6 is 11.8 Å². The Labute approximate surface area is 245 Å². The Balaban J connectivity index is 0.000000298. The van der Waals surface area contributed by atoms with Gasteiger partial charge in [0.15, 0.2) is 5.82 Å². The molecule has 0 amide bonds. The summed E-state index contributed by atoms with van der Waals surface area (Å²) in [5, 5.41) is 3.43. The van der Waals surface area contributed by atoms with Gasteiger partial charge in [0.1, 0.15) is 12.0 Å². The number of hydrogen-bond acceptors (Lipinski definition) is 7. The zero-order valence-corrected chi connectivity index (χ0v) is 24.9. The van der Waals surface area contributed by atoms with E-state index in [1.54, 1.807) is 0 Å². The van der Waals surface area contributed by atoms with E-state index in [1.807, 2.05) is 49.2 Å². The molecule has 2 heterocycles. The van der Waals surface area contributed by atoms with Crippen LogP contribution in [0.1, 0.15) is 50.4 Å². The van der Waals surface area contributed by atoms with Crippen LogP contribution in [0.4, 0.5) is 24.7 Å². The maximum atomic E-state index is 12.7. The number of hydrogen-bond donors (Lipinski definition) is 2. The summed E-state index contributed by atoms with van der Waals surface area (Å²) in [6.07, 6.45) is 2.11. The lowest BCUT2D eigenvalue weighted by atomic mass is 10.0. The molecule has 1 aliphatic heterocycles. The number of halogens is 3. The fraction of sp³-hybridized carbons (Fsp3) is 0.452. The normalized spacial score (nSPS) is 17.2. The molecule has 1 aromatic heterocycles. The molecule has 4 rings (SSSR count). The van der Waals surface area contributed by atoms with Crippen molar-refractivity contribution in [2.24, 2.45) is 10.9 Å². The number of aromatic nitrogens is 2. The zero-order valence-electron chi connectivity index (χ0n) is 24.1. The van der Waals surface area contributed by atoms with E-state index in [0.717, 1.165) is 59.1 Å². The number of nitrogen functional groups attached to an aromatic ring is 1. The molecule has 0 aliphatic carbocycles. The number of aliphatic imine (C=N–C) groups is 1. The van der Waals surface area contributed by atoms with Crippen LogP contribution in [0, 0.1) is 12.8 Å². The van der Waals surface area contributed by atoms with Crippen LogP contribution in [0.2, 0.25) is 0 Å². The maximum absolute atomic E-state index is 12.7. The van der Waals surface area contributed by atoms with Crippen molar-refractivity contribution in [1.29, 1.82) is 0 Å². The molecule has 2 aromatic carbocycles. The van der Waals surface area contributed by atoms with Gasteiger partial charge in [-0.05, 0) is 67.5 Å². The number of nitrogens with one attached hydrogen (secondary N) is 1. The van der Waals surface area contributed by atoms with Gasteiger partial charge in [-0.25, -0.2) is 9.97 Å². The van der Waals surface area contributed by atoms with Gasteiger partial charge in [-0.2, -0.15) is 24.9 Å². The molecular weight excluding hydrogens is 547 g/mol. The number of nitrogens with two attached hydrogens (primary N) is 1. The number of thioether (sulfide) groups is 1. The first-order valence-corrected chi connectivity index (χ1v) is 15.0. The Morgan fingerprint density at radius 3 is 2.51 bits per heavy atom. The van der Waals surface area contributed by atoms with Gasteiger partial charge in [0.05, 0.1) is 23.5 Å². The van der Waals surface area contributed by atoms with E-state index >= 15 is 0 Å². The van der Waals surface area contributed by atoms with Gasteiger partial charge in [0.2, 0.25) is 0 Å². The van der Waals surface area contributed by atoms with Crippen LogP contribution in [-0.2, 0) is 17.5 Å². The van der Waals surface area contributed by atoms with Gasteiger partial charge >= 0.3 is 6.18 Å². The summed E-state index contributed by atoms with van der Waals surface area (Å²) in [6, 6.07) is 13.2. The number of rotatable bonds is 10. The monoisotopic (exact) mass is 587 g/mol. The van der Waals surface area contributed by atoms with E-state index < -0.39 is 11.7 Å². The quantitative estimate of drug-likeness (QED) is 0.189. The molecular formula is C31H40F3N5OS. The first kappa shape index (κ1) is 32.6. The standard InChI is InChI=1S/C22H26F3NOS.C9H14N4/c1-16-5-10-21(27-16)15-28-12-11-26-14-17-3-2-4-19(13-17)18-6-8-20(9-7-18)22(23,24)25;1-6(2)4-11-8-7(3)12-5-13-9(8)10/h2-4,6-9,13,16,21,26H,5,10-12,14-15H2,1H3;4-6H,1-3H3,(H2,10,12,13). The average Bonchev–Trinajstić information content (AvgIpc) is 3.35. The molecule has 41 heavy (non-hydrogen) atoms. The number of anilines is 1. The lowest BCUT2D eigenvalue weighted by Gasteiger charge is -2.11. The molecule has 1 aliphatic rings. The van der Waals surface area contributed by atoms with Gasteiger partial charge in [0, 0.05) is 30.8 Å². The van der Waals surface area contributed by atoms with E-state index in [4.69, 9.17) is 10.5 Å². The molecule has 1 fully saturated rings.